The lowest BCUT2D eigenvalue weighted by atomic mass is 10.2. The Labute approximate surface area is 127 Å². The molecule has 2 heterocycles. The van der Waals surface area contributed by atoms with E-state index in [0.29, 0.717) is 5.13 Å². The molecule has 2 rings (SSSR count). The molecular formula is C13H19N5O2S. The van der Waals surface area contributed by atoms with Gasteiger partial charge < -0.3 is 4.52 Å². The first-order valence-electron chi connectivity index (χ1n) is 6.83. The molecule has 0 fully saturated rings. The standard InChI is InChI=1S/C13H19N5O2S/c1-4-5-12-15-16-13(21-12)14-11(19)8-18(3)9(2)10-6-7-20-17-10/h6-7,9H,4-5,8H2,1-3H3,(H,14,16,19)/t9-/m1/s1. The summed E-state index contributed by atoms with van der Waals surface area (Å²) in [6.07, 6.45) is 3.42. The van der Waals surface area contributed by atoms with Crippen LogP contribution in [-0.4, -0.2) is 39.8 Å². The lowest BCUT2D eigenvalue weighted by molar-refractivity contribution is -0.117. The second kappa shape index (κ2) is 7.28. The van der Waals surface area contributed by atoms with E-state index in [-0.39, 0.29) is 18.5 Å². The lowest BCUT2D eigenvalue weighted by Gasteiger charge is -2.21. The molecule has 2 aromatic heterocycles. The molecule has 0 aromatic carbocycles. The first-order valence-corrected chi connectivity index (χ1v) is 7.64. The van der Waals surface area contributed by atoms with Crippen molar-refractivity contribution in [3.8, 4) is 0 Å². The average molecular weight is 309 g/mol. The molecule has 0 saturated carbocycles. The smallest absolute Gasteiger partial charge is 0.240 e. The van der Waals surface area contributed by atoms with Crippen LogP contribution < -0.4 is 5.32 Å². The van der Waals surface area contributed by atoms with Crippen LogP contribution in [0, 0.1) is 0 Å². The van der Waals surface area contributed by atoms with Gasteiger partial charge in [-0.3, -0.25) is 15.0 Å². The highest BCUT2D eigenvalue weighted by Gasteiger charge is 2.17. The molecule has 1 atom stereocenters. The molecule has 114 valence electrons. The highest BCUT2D eigenvalue weighted by molar-refractivity contribution is 7.15. The van der Waals surface area contributed by atoms with Gasteiger partial charge in [-0.15, -0.1) is 10.2 Å². The third kappa shape index (κ3) is 4.33. The van der Waals surface area contributed by atoms with Gasteiger partial charge >= 0.3 is 0 Å². The van der Waals surface area contributed by atoms with Crippen molar-refractivity contribution in [2.75, 3.05) is 18.9 Å². The van der Waals surface area contributed by atoms with Crippen molar-refractivity contribution in [3.63, 3.8) is 0 Å². The van der Waals surface area contributed by atoms with Crippen molar-refractivity contribution >= 4 is 22.4 Å². The molecule has 2 aromatic rings. The predicted molar refractivity (Wildman–Crippen MR) is 80.1 cm³/mol. The van der Waals surface area contributed by atoms with Crippen molar-refractivity contribution in [3.05, 3.63) is 23.0 Å². The summed E-state index contributed by atoms with van der Waals surface area (Å²) in [5.74, 6) is -0.118. The number of hydrogen-bond donors (Lipinski definition) is 1. The van der Waals surface area contributed by atoms with E-state index in [1.807, 2.05) is 18.9 Å². The van der Waals surface area contributed by atoms with Crippen LogP contribution in [0.15, 0.2) is 16.9 Å². The Hall–Kier alpha value is -1.80. The minimum absolute atomic E-state index is 0.000396. The normalized spacial score (nSPS) is 12.6. The summed E-state index contributed by atoms with van der Waals surface area (Å²) < 4.78 is 4.82. The number of aromatic nitrogens is 3. The van der Waals surface area contributed by atoms with Gasteiger partial charge in [0.05, 0.1) is 12.6 Å². The molecule has 7 nitrogen and oxygen atoms in total. The van der Waals surface area contributed by atoms with E-state index in [0.717, 1.165) is 23.5 Å². The van der Waals surface area contributed by atoms with Crippen molar-refractivity contribution in [2.24, 2.45) is 0 Å². The van der Waals surface area contributed by atoms with Crippen LogP contribution in [0.2, 0.25) is 0 Å². The molecule has 0 radical (unpaired) electrons. The number of amides is 1. The number of anilines is 1. The van der Waals surface area contributed by atoms with Gasteiger partial charge in [-0.25, -0.2) is 0 Å². The van der Waals surface area contributed by atoms with E-state index in [4.69, 9.17) is 4.52 Å². The fourth-order valence-electron chi connectivity index (χ4n) is 1.80. The molecule has 0 aliphatic rings. The summed E-state index contributed by atoms with van der Waals surface area (Å²) >= 11 is 1.42. The second-order valence-electron chi connectivity index (χ2n) is 4.81. The van der Waals surface area contributed by atoms with Gasteiger partial charge in [0.15, 0.2) is 0 Å². The molecule has 21 heavy (non-hydrogen) atoms. The molecule has 0 saturated heterocycles. The van der Waals surface area contributed by atoms with Crippen LogP contribution >= 0.6 is 11.3 Å². The van der Waals surface area contributed by atoms with E-state index >= 15 is 0 Å². The summed E-state index contributed by atoms with van der Waals surface area (Å²) in [6, 6.07) is 1.79. The van der Waals surface area contributed by atoms with Crippen LogP contribution in [0.5, 0.6) is 0 Å². The number of likely N-dealkylation sites (N-methyl/N-ethyl adjacent to an activating group) is 1. The maximum Gasteiger partial charge on any atom is 0.240 e. The summed E-state index contributed by atoms with van der Waals surface area (Å²) in [4.78, 5) is 13.9. The Morgan fingerprint density at radius 3 is 3.00 bits per heavy atom. The monoisotopic (exact) mass is 309 g/mol. The lowest BCUT2D eigenvalue weighted by Crippen LogP contribution is -2.32. The molecule has 1 N–H and O–H groups in total. The van der Waals surface area contributed by atoms with E-state index in [9.17, 15) is 4.79 Å². The SMILES string of the molecule is CCCc1nnc(NC(=O)CN(C)[C@H](C)c2ccon2)s1. The number of rotatable bonds is 7. The maximum atomic E-state index is 12.0. The molecule has 0 bridgehead atoms. The number of nitrogens with zero attached hydrogens (tertiary/aromatic N) is 4. The van der Waals surface area contributed by atoms with Gasteiger partial charge in [0.25, 0.3) is 0 Å². The summed E-state index contributed by atoms with van der Waals surface area (Å²) in [6.45, 7) is 4.30. The Bertz CT molecular complexity index is 569. The van der Waals surface area contributed by atoms with E-state index in [1.54, 1.807) is 6.07 Å². The fraction of sp³-hybridized carbons (Fsp3) is 0.538. The minimum atomic E-state index is -0.118. The Morgan fingerprint density at radius 1 is 1.52 bits per heavy atom. The van der Waals surface area contributed by atoms with Crippen molar-refractivity contribution < 1.29 is 9.32 Å². The van der Waals surface area contributed by atoms with Crippen LogP contribution in [0.25, 0.3) is 0 Å². The van der Waals surface area contributed by atoms with Gasteiger partial charge in [-0.1, -0.05) is 23.4 Å². The zero-order chi connectivity index (χ0) is 15.2. The fourth-order valence-corrected chi connectivity index (χ4v) is 2.66. The first-order chi connectivity index (χ1) is 10.1. The highest BCUT2D eigenvalue weighted by Crippen LogP contribution is 2.18. The van der Waals surface area contributed by atoms with E-state index < -0.39 is 0 Å². The predicted octanol–water partition coefficient (Wildman–Crippen LogP) is 2.11. The van der Waals surface area contributed by atoms with Crippen LogP contribution in [0.3, 0.4) is 0 Å². The number of carbonyl (C=O) groups is 1. The quantitative estimate of drug-likeness (QED) is 0.843. The minimum Gasteiger partial charge on any atom is -0.364 e. The number of aryl methyl sites for hydroxylation is 1. The summed E-state index contributed by atoms with van der Waals surface area (Å²) in [5, 5.41) is 16.1. The molecule has 0 unspecified atom stereocenters. The topological polar surface area (TPSA) is 84.2 Å². The zero-order valence-corrected chi connectivity index (χ0v) is 13.2. The van der Waals surface area contributed by atoms with Crippen molar-refractivity contribution in [1.29, 1.82) is 0 Å². The summed E-state index contributed by atoms with van der Waals surface area (Å²) in [7, 11) is 1.86. The van der Waals surface area contributed by atoms with Crippen molar-refractivity contribution in [2.45, 2.75) is 32.7 Å². The van der Waals surface area contributed by atoms with Crippen LogP contribution in [-0.2, 0) is 11.2 Å². The average Bonchev–Trinajstić information content (AvgIpc) is 3.10. The van der Waals surface area contributed by atoms with Gasteiger partial charge in [0.1, 0.15) is 17.0 Å². The maximum absolute atomic E-state index is 12.0. The molecule has 0 aliphatic heterocycles. The third-order valence-corrected chi connectivity index (χ3v) is 4.02. The first kappa shape index (κ1) is 15.6. The van der Waals surface area contributed by atoms with Gasteiger partial charge in [-0.2, -0.15) is 0 Å². The Kier molecular flexibility index (Phi) is 5.40. The van der Waals surface area contributed by atoms with E-state index in [2.05, 4.69) is 27.6 Å². The molecule has 8 heteroatoms. The van der Waals surface area contributed by atoms with E-state index in [1.165, 1.54) is 17.6 Å². The third-order valence-electron chi connectivity index (χ3n) is 3.12. The zero-order valence-electron chi connectivity index (χ0n) is 12.4. The largest absolute Gasteiger partial charge is 0.364 e. The number of hydrogen-bond acceptors (Lipinski definition) is 7. The summed E-state index contributed by atoms with van der Waals surface area (Å²) in [5.41, 5.74) is 0.798. The van der Waals surface area contributed by atoms with Crippen molar-refractivity contribution in [1.82, 2.24) is 20.3 Å². The Morgan fingerprint density at radius 2 is 2.33 bits per heavy atom. The molecule has 0 spiro atoms. The van der Waals surface area contributed by atoms with Crippen LogP contribution in [0.1, 0.15) is 37.0 Å². The van der Waals surface area contributed by atoms with Gasteiger partial charge in [0.2, 0.25) is 11.0 Å². The van der Waals surface area contributed by atoms with Crippen LogP contribution in [0.4, 0.5) is 5.13 Å². The van der Waals surface area contributed by atoms with Gasteiger partial charge in [-0.05, 0) is 20.4 Å². The highest BCUT2D eigenvalue weighted by atomic mass is 32.1. The van der Waals surface area contributed by atoms with Gasteiger partial charge in [0, 0.05) is 12.5 Å². The Balaban J connectivity index is 1.85. The second-order valence-corrected chi connectivity index (χ2v) is 5.88. The molecule has 0 aliphatic carbocycles. The number of nitrogens with one attached hydrogen (secondary N) is 1. The number of carbonyl (C=O) groups excluding carboxylic acids is 1. The molecular weight excluding hydrogens is 290 g/mol. The molecule has 1 amide bonds.